The molecule has 7 heteroatoms. The van der Waals surface area contributed by atoms with Crippen molar-refractivity contribution in [1.29, 1.82) is 0 Å². The quantitative estimate of drug-likeness (QED) is 0.290. The van der Waals surface area contributed by atoms with E-state index in [1.807, 2.05) is 44.3 Å². The summed E-state index contributed by atoms with van der Waals surface area (Å²) >= 11 is 0. The van der Waals surface area contributed by atoms with E-state index >= 15 is 0 Å². The zero-order valence-electron chi connectivity index (χ0n) is 20.0. The third kappa shape index (κ3) is 4.21. The van der Waals surface area contributed by atoms with Crippen molar-refractivity contribution in [3.8, 4) is 5.75 Å². The maximum Gasteiger partial charge on any atom is 0.295 e. The topological polar surface area (TPSA) is 91.9 Å². The number of hydrogen-bond acceptors (Lipinski definition) is 5. The van der Waals surface area contributed by atoms with Gasteiger partial charge in [0.25, 0.3) is 11.7 Å². The molecule has 35 heavy (non-hydrogen) atoms. The fourth-order valence-electron chi connectivity index (χ4n) is 5.05. The number of carbonyl (C=O) groups is 2. The highest BCUT2D eigenvalue weighted by Gasteiger charge is 2.47. The third-order valence-electron chi connectivity index (χ3n) is 6.79. The summed E-state index contributed by atoms with van der Waals surface area (Å²) in [6, 6.07) is 12.4. The second-order valence-corrected chi connectivity index (χ2v) is 9.20. The van der Waals surface area contributed by atoms with Crippen molar-refractivity contribution in [2.45, 2.75) is 45.3 Å². The number of aromatic nitrogens is 1. The molecule has 0 aliphatic carbocycles. The number of Topliss-reactive ketones (excluding diaryl/α,β-unsaturated/α-hetero) is 1. The number of amides is 1. The van der Waals surface area contributed by atoms with Crippen molar-refractivity contribution in [2.75, 3.05) is 19.8 Å². The number of aryl methyl sites for hydroxylation is 1. The lowest BCUT2D eigenvalue weighted by Crippen LogP contribution is -2.36. The highest BCUT2D eigenvalue weighted by molar-refractivity contribution is 6.46. The predicted octanol–water partition coefficient (Wildman–Crippen LogP) is 4.87. The summed E-state index contributed by atoms with van der Waals surface area (Å²) in [6.45, 7) is 5.48. The van der Waals surface area contributed by atoms with E-state index in [-0.39, 0.29) is 17.4 Å². The molecule has 2 unspecified atom stereocenters. The summed E-state index contributed by atoms with van der Waals surface area (Å²) in [7, 11) is 0. The first-order valence-corrected chi connectivity index (χ1v) is 12.2. The number of ketones is 1. The Morgan fingerprint density at radius 1 is 1.23 bits per heavy atom. The first kappa shape index (κ1) is 23.2. The van der Waals surface area contributed by atoms with Gasteiger partial charge in [0.2, 0.25) is 0 Å². The van der Waals surface area contributed by atoms with Crippen LogP contribution in [-0.2, 0) is 14.3 Å². The fraction of sp³-hybridized carbons (Fsp3) is 0.357. The summed E-state index contributed by atoms with van der Waals surface area (Å²) in [4.78, 5) is 31.4. The van der Waals surface area contributed by atoms with Gasteiger partial charge in [0.05, 0.1) is 24.3 Å². The highest BCUT2D eigenvalue weighted by Crippen LogP contribution is 2.42. The van der Waals surface area contributed by atoms with Crippen molar-refractivity contribution in [3.63, 3.8) is 0 Å². The van der Waals surface area contributed by atoms with E-state index < -0.39 is 17.7 Å². The Morgan fingerprint density at radius 2 is 2.06 bits per heavy atom. The Morgan fingerprint density at radius 3 is 2.80 bits per heavy atom. The molecule has 7 nitrogen and oxygen atoms in total. The van der Waals surface area contributed by atoms with E-state index in [0.29, 0.717) is 25.3 Å². The Hall–Kier alpha value is -3.58. The highest BCUT2D eigenvalue weighted by atomic mass is 16.5. The molecule has 3 aromatic rings. The molecular formula is C28H30N2O5. The van der Waals surface area contributed by atoms with Crippen LogP contribution in [0.5, 0.6) is 5.75 Å². The summed E-state index contributed by atoms with van der Waals surface area (Å²) in [5.41, 5.74) is 3.10. The van der Waals surface area contributed by atoms with Gasteiger partial charge >= 0.3 is 0 Å². The first-order chi connectivity index (χ1) is 17.0. The van der Waals surface area contributed by atoms with Crippen molar-refractivity contribution in [1.82, 2.24) is 9.88 Å². The number of aromatic amines is 1. The number of H-pyrrole nitrogens is 1. The first-order valence-electron chi connectivity index (χ1n) is 12.2. The average Bonchev–Trinajstić information content (AvgIpc) is 3.58. The molecule has 0 bridgehead atoms. The summed E-state index contributed by atoms with van der Waals surface area (Å²) < 4.78 is 11.5. The summed E-state index contributed by atoms with van der Waals surface area (Å²) in [5, 5.41) is 12.3. The smallest absolute Gasteiger partial charge is 0.295 e. The number of nitrogens with one attached hydrogen (secondary N) is 1. The van der Waals surface area contributed by atoms with Crippen LogP contribution in [0.3, 0.4) is 0 Å². The van der Waals surface area contributed by atoms with Crippen LogP contribution in [0.1, 0.15) is 48.9 Å². The van der Waals surface area contributed by atoms with Crippen molar-refractivity contribution < 1.29 is 24.2 Å². The van der Waals surface area contributed by atoms with Crippen LogP contribution in [0.25, 0.3) is 16.7 Å². The van der Waals surface area contributed by atoms with Crippen LogP contribution in [0.4, 0.5) is 0 Å². The lowest BCUT2D eigenvalue weighted by molar-refractivity contribution is -0.140. The Kier molecular flexibility index (Phi) is 6.34. The second kappa shape index (κ2) is 9.58. The van der Waals surface area contributed by atoms with E-state index in [9.17, 15) is 14.7 Å². The van der Waals surface area contributed by atoms with Crippen molar-refractivity contribution in [3.05, 3.63) is 70.9 Å². The van der Waals surface area contributed by atoms with Crippen molar-refractivity contribution >= 4 is 28.4 Å². The molecule has 0 spiro atoms. The molecule has 182 valence electrons. The molecule has 2 aliphatic rings. The van der Waals surface area contributed by atoms with Gasteiger partial charge < -0.3 is 24.5 Å². The molecule has 5 rings (SSSR count). The lowest BCUT2D eigenvalue weighted by atomic mass is 9.94. The van der Waals surface area contributed by atoms with Gasteiger partial charge in [0.1, 0.15) is 11.5 Å². The normalized spacial score (nSPS) is 21.8. The monoisotopic (exact) mass is 474 g/mol. The van der Waals surface area contributed by atoms with Gasteiger partial charge in [-0.25, -0.2) is 0 Å². The molecule has 2 saturated heterocycles. The van der Waals surface area contributed by atoms with E-state index in [1.54, 1.807) is 23.1 Å². The largest absolute Gasteiger partial charge is 0.507 e. The maximum atomic E-state index is 13.4. The minimum Gasteiger partial charge on any atom is -0.507 e. The minimum atomic E-state index is -0.716. The number of ether oxygens (including phenoxy) is 2. The average molecular weight is 475 g/mol. The number of likely N-dealkylation sites (tertiary alicyclic amines) is 1. The number of rotatable bonds is 7. The third-order valence-corrected chi connectivity index (χ3v) is 6.79. The number of aliphatic hydroxyl groups is 1. The molecule has 2 aromatic carbocycles. The van der Waals surface area contributed by atoms with Crippen molar-refractivity contribution in [2.24, 2.45) is 0 Å². The molecule has 2 N–H and O–H groups in total. The van der Waals surface area contributed by atoms with Crippen LogP contribution in [0.2, 0.25) is 0 Å². The van der Waals surface area contributed by atoms with Gasteiger partial charge in [0.15, 0.2) is 0 Å². The standard InChI is InChI=1S/C28H30N2O5/c1-3-12-35-23-11-10-18(14-17(23)2)26(31)24-25(21-15-29-22-9-5-4-8-20(21)22)30(28(33)27(24)32)16-19-7-6-13-34-19/h4-5,8-11,14-15,19,25,29,31H,3,6-7,12-13,16H2,1-2H3/b26-24+. The molecule has 3 heterocycles. The Bertz CT molecular complexity index is 1300. The van der Waals surface area contributed by atoms with E-state index in [2.05, 4.69) is 4.98 Å². The van der Waals surface area contributed by atoms with Crippen LogP contribution in [0, 0.1) is 6.92 Å². The second-order valence-electron chi connectivity index (χ2n) is 9.20. The van der Waals surface area contributed by atoms with E-state index in [1.165, 1.54) is 0 Å². The molecule has 1 aromatic heterocycles. The van der Waals surface area contributed by atoms with Gasteiger partial charge in [0, 0.05) is 41.4 Å². The maximum absolute atomic E-state index is 13.4. The zero-order chi connectivity index (χ0) is 24.5. The van der Waals surface area contributed by atoms with Crippen LogP contribution >= 0.6 is 0 Å². The molecule has 2 fully saturated rings. The summed E-state index contributed by atoms with van der Waals surface area (Å²) in [6.07, 6.45) is 4.35. The van der Waals surface area contributed by atoms with Gasteiger partial charge in [-0.05, 0) is 56.0 Å². The number of nitrogens with zero attached hydrogens (tertiary/aromatic N) is 1. The molecule has 0 saturated carbocycles. The number of fused-ring (bicyclic) bond motifs is 1. The van der Waals surface area contributed by atoms with Crippen LogP contribution in [-0.4, -0.2) is 52.5 Å². The Balaban J connectivity index is 1.62. The van der Waals surface area contributed by atoms with Crippen LogP contribution in [0.15, 0.2) is 54.2 Å². The molecular weight excluding hydrogens is 444 g/mol. The van der Waals surface area contributed by atoms with Gasteiger partial charge in [-0.15, -0.1) is 0 Å². The van der Waals surface area contributed by atoms with Gasteiger partial charge in [-0.3, -0.25) is 9.59 Å². The molecule has 1 amide bonds. The fourth-order valence-corrected chi connectivity index (χ4v) is 5.05. The van der Waals surface area contributed by atoms with Gasteiger partial charge in [-0.1, -0.05) is 25.1 Å². The van der Waals surface area contributed by atoms with Gasteiger partial charge in [-0.2, -0.15) is 0 Å². The van der Waals surface area contributed by atoms with Crippen LogP contribution < -0.4 is 4.74 Å². The van der Waals surface area contributed by atoms with E-state index in [0.717, 1.165) is 47.0 Å². The Labute approximate surface area is 204 Å². The number of carbonyl (C=O) groups excluding carboxylic acids is 2. The SMILES string of the molecule is CCCOc1ccc(/C(O)=C2\C(=O)C(=O)N(CC3CCCO3)C2c2c[nH]c3ccccc23)cc1C. The van der Waals surface area contributed by atoms with E-state index in [4.69, 9.17) is 9.47 Å². The molecule has 2 aliphatic heterocycles. The lowest BCUT2D eigenvalue weighted by Gasteiger charge is -2.27. The zero-order valence-corrected chi connectivity index (χ0v) is 20.0. The molecule has 2 atom stereocenters. The number of para-hydroxylation sites is 1. The number of benzene rings is 2. The molecule has 0 radical (unpaired) electrons. The number of hydrogen-bond donors (Lipinski definition) is 2. The minimum absolute atomic E-state index is 0.0966. The number of aliphatic hydroxyl groups excluding tert-OH is 1. The predicted molar refractivity (Wildman–Crippen MR) is 133 cm³/mol. The summed E-state index contributed by atoms with van der Waals surface area (Å²) in [5.74, 6) is -0.745.